The highest BCUT2D eigenvalue weighted by atomic mass is 35.5. The van der Waals surface area contributed by atoms with E-state index in [0.717, 1.165) is 25.9 Å². The van der Waals surface area contributed by atoms with Crippen LogP contribution in [0.2, 0.25) is 0 Å². The largest absolute Gasteiger partial charge is 0.359 e. The van der Waals surface area contributed by atoms with Crippen molar-refractivity contribution in [2.24, 2.45) is 11.3 Å². The van der Waals surface area contributed by atoms with Gasteiger partial charge in [-0.3, -0.25) is 9.59 Å². The third-order valence-electron chi connectivity index (χ3n) is 3.70. The number of carbonyl (C=O) groups is 2. The molecule has 0 aliphatic carbocycles. The van der Waals surface area contributed by atoms with Gasteiger partial charge in [-0.25, -0.2) is 0 Å². The van der Waals surface area contributed by atoms with E-state index in [1.54, 1.807) is 19.0 Å². The van der Waals surface area contributed by atoms with Gasteiger partial charge in [-0.1, -0.05) is 6.92 Å². The number of halogens is 1. The zero-order chi connectivity index (χ0) is 13.8. The molecular formula is C13H26ClN3O2. The average Bonchev–Trinajstić information content (AvgIpc) is 2.37. The van der Waals surface area contributed by atoms with E-state index in [1.807, 2.05) is 13.8 Å². The fourth-order valence-corrected chi connectivity index (χ4v) is 2.52. The second kappa shape index (κ2) is 7.70. The summed E-state index contributed by atoms with van der Waals surface area (Å²) in [6, 6.07) is 0. The predicted molar refractivity (Wildman–Crippen MR) is 78.3 cm³/mol. The minimum atomic E-state index is -0.324. The Morgan fingerprint density at radius 2 is 2.11 bits per heavy atom. The Balaban J connectivity index is 0.00000324. The van der Waals surface area contributed by atoms with Crippen LogP contribution in [0.5, 0.6) is 0 Å². The lowest BCUT2D eigenvalue weighted by atomic mass is 9.81. The van der Waals surface area contributed by atoms with Crippen LogP contribution in [0, 0.1) is 11.3 Å². The van der Waals surface area contributed by atoms with Crippen molar-refractivity contribution in [2.45, 2.75) is 26.7 Å². The zero-order valence-electron chi connectivity index (χ0n) is 12.3. The topological polar surface area (TPSA) is 61.4 Å². The highest BCUT2D eigenvalue weighted by Crippen LogP contribution is 2.27. The van der Waals surface area contributed by atoms with Gasteiger partial charge in [0.25, 0.3) is 0 Å². The lowest BCUT2D eigenvalue weighted by Gasteiger charge is -2.36. The average molecular weight is 292 g/mol. The minimum Gasteiger partial charge on any atom is -0.359 e. The molecule has 0 aromatic heterocycles. The normalized spacial score (nSPS) is 24.0. The lowest BCUT2D eigenvalue weighted by Crippen LogP contribution is -2.50. The van der Waals surface area contributed by atoms with Crippen LogP contribution in [0.1, 0.15) is 26.7 Å². The number of hydrogen-bond acceptors (Lipinski definition) is 3. The molecule has 2 unspecified atom stereocenters. The van der Waals surface area contributed by atoms with Gasteiger partial charge in [0.2, 0.25) is 11.8 Å². The first kappa shape index (κ1) is 18.2. The number of carbonyl (C=O) groups excluding carboxylic acids is 2. The molecule has 1 saturated heterocycles. The molecule has 2 amide bonds. The molecule has 1 fully saturated rings. The molecule has 0 saturated carbocycles. The standard InChI is InChI=1S/C13H25N3O2.ClH/c1-10(11(17)14-3)8-16(4)12(18)13(2)6-5-7-15-9-13;/h10,15H,5-9H2,1-4H3,(H,14,17);1H. The van der Waals surface area contributed by atoms with Gasteiger partial charge >= 0.3 is 0 Å². The van der Waals surface area contributed by atoms with Gasteiger partial charge in [0.15, 0.2) is 0 Å². The third kappa shape index (κ3) is 4.66. The van der Waals surface area contributed by atoms with Gasteiger partial charge in [0.05, 0.1) is 11.3 Å². The molecule has 6 heteroatoms. The number of nitrogens with zero attached hydrogens (tertiary/aromatic N) is 1. The summed E-state index contributed by atoms with van der Waals surface area (Å²) in [5, 5.41) is 5.88. The molecule has 112 valence electrons. The molecule has 0 aromatic rings. The summed E-state index contributed by atoms with van der Waals surface area (Å²) in [6.45, 7) is 6.02. The van der Waals surface area contributed by atoms with E-state index < -0.39 is 0 Å². The van der Waals surface area contributed by atoms with E-state index >= 15 is 0 Å². The fourth-order valence-electron chi connectivity index (χ4n) is 2.52. The van der Waals surface area contributed by atoms with Crippen LogP contribution < -0.4 is 10.6 Å². The number of nitrogens with one attached hydrogen (secondary N) is 2. The Kier molecular flexibility index (Phi) is 7.37. The Labute approximate surface area is 121 Å². The Hall–Kier alpha value is -0.810. The van der Waals surface area contributed by atoms with E-state index in [4.69, 9.17) is 0 Å². The van der Waals surface area contributed by atoms with Crippen LogP contribution in [0.25, 0.3) is 0 Å². The maximum atomic E-state index is 12.4. The van der Waals surface area contributed by atoms with E-state index in [0.29, 0.717) is 6.54 Å². The van der Waals surface area contributed by atoms with Gasteiger partial charge in [-0.2, -0.15) is 0 Å². The Morgan fingerprint density at radius 1 is 1.47 bits per heavy atom. The van der Waals surface area contributed by atoms with Crippen LogP contribution in [0.15, 0.2) is 0 Å². The monoisotopic (exact) mass is 291 g/mol. The molecule has 1 heterocycles. The summed E-state index contributed by atoms with van der Waals surface area (Å²) in [5.41, 5.74) is -0.324. The molecule has 0 aromatic carbocycles. The SMILES string of the molecule is CNC(=O)C(C)CN(C)C(=O)C1(C)CCCNC1.Cl. The summed E-state index contributed by atoms with van der Waals surface area (Å²) in [4.78, 5) is 25.6. The maximum absolute atomic E-state index is 12.4. The fraction of sp³-hybridized carbons (Fsp3) is 0.846. The van der Waals surface area contributed by atoms with Crippen LogP contribution in [0.3, 0.4) is 0 Å². The molecule has 2 N–H and O–H groups in total. The van der Waals surface area contributed by atoms with Gasteiger partial charge in [0.1, 0.15) is 0 Å². The van der Waals surface area contributed by atoms with Gasteiger partial charge in [-0.15, -0.1) is 12.4 Å². The molecule has 0 radical (unpaired) electrons. The molecule has 1 aliphatic heterocycles. The molecule has 1 aliphatic rings. The van der Waals surface area contributed by atoms with E-state index in [2.05, 4.69) is 10.6 Å². The maximum Gasteiger partial charge on any atom is 0.229 e. The third-order valence-corrected chi connectivity index (χ3v) is 3.70. The van der Waals surface area contributed by atoms with Crippen LogP contribution in [0.4, 0.5) is 0 Å². The second-order valence-electron chi connectivity index (χ2n) is 5.54. The molecule has 1 rings (SSSR count). The van der Waals surface area contributed by atoms with E-state index in [-0.39, 0.29) is 35.6 Å². The number of hydrogen-bond donors (Lipinski definition) is 2. The highest BCUT2D eigenvalue weighted by molar-refractivity contribution is 5.85. The molecule has 0 bridgehead atoms. The van der Waals surface area contributed by atoms with Crippen molar-refractivity contribution < 1.29 is 9.59 Å². The number of amides is 2. The van der Waals surface area contributed by atoms with Crippen molar-refractivity contribution in [1.29, 1.82) is 0 Å². The molecular weight excluding hydrogens is 266 g/mol. The Bertz CT molecular complexity index is 317. The highest BCUT2D eigenvalue weighted by Gasteiger charge is 2.37. The van der Waals surface area contributed by atoms with Crippen LogP contribution >= 0.6 is 12.4 Å². The van der Waals surface area contributed by atoms with E-state index in [1.165, 1.54) is 0 Å². The zero-order valence-corrected chi connectivity index (χ0v) is 13.1. The van der Waals surface area contributed by atoms with Crippen molar-refractivity contribution in [1.82, 2.24) is 15.5 Å². The van der Waals surface area contributed by atoms with Gasteiger partial charge in [-0.05, 0) is 26.3 Å². The van der Waals surface area contributed by atoms with Gasteiger partial charge in [0, 0.05) is 27.2 Å². The van der Waals surface area contributed by atoms with Crippen LogP contribution in [-0.2, 0) is 9.59 Å². The molecule has 5 nitrogen and oxygen atoms in total. The quantitative estimate of drug-likeness (QED) is 0.799. The van der Waals surface area contributed by atoms with Crippen molar-refractivity contribution in [3.05, 3.63) is 0 Å². The summed E-state index contributed by atoms with van der Waals surface area (Å²) < 4.78 is 0. The lowest BCUT2D eigenvalue weighted by molar-refractivity contribution is -0.142. The first-order valence-corrected chi connectivity index (χ1v) is 6.58. The molecule has 2 atom stereocenters. The first-order valence-electron chi connectivity index (χ1n) is 6.58. The Morgan fingerprint density at radius 3 is 2.58 bits per heavy atom. The first-order chi connectivity index (χ1) is 8.40. The van der Waals surface area contributed by atoms with Crippen molar-refractivity contribution >= 4 is 24.2 Å². The predicted octanol–water partition coefficient (Wildman–Crippen LogP) is 0.638. The number of rotatable bonds is 4. The van der Waals surface area contributed by atoms with Crippen molar-refractivity contribution in [3.8, 4) is 0 Å². The minimum absolute atomic E-state index is 0. The summed E-state index contributed by atoms with van der Waals surface area (Å²) >= 11 is 0. The van der Waals surface area contributed by atoms with Crippen LogP contribution in [-0.4, -0.2) is 50.4 Å². The molecule has 0 spiro atoms. The van der Waals surface area contributed by atoms with Crippen molar-refractivity contribution in [2.75, 3.05) is 33.7 Å². The second-order valence-corrected chi connectivity index (χ2v) is 5.54. The summed E-state index contributed by atoms with van der Waals surface area (Å²) in [6.07, 6.45) is 1.94. The van der Waals surface area contributed by atoms with Gasteiger partial charge < -0.3 is 15.5 Å². The molecule has 19 heavy (non-hydrogen) atoms. The summed E-state index contributed by atoms with van der Waals surface area (Å²) in [5.74, 6) is -0.0730. The van der Waals surface area contributed by atoms with Crippen molar-refractivity contribution in [3.63, 3.8) is 0 Å². The number of piperidine rings is 1. The van der Waals surface area contributed by atoms with E-state index in [9.17, 15) is 9.59 Å². The smallest absolute Gasteiger partial charge is 0.229 e. The summed E-state index contributed by atoms with van der Waals surface area (Å²) in [7, 11) is 3.40.